The van der Waals surface area contributed by atoms with Gasteiger partial charge in [0.05, 0.1) is 0 Å². The zero-order valence-corrected chi connectivity index (χ0v) is 25.2. The van der Waals surface area contributed by atoms with E-state index in [1.165, 1.54) is 6.08 Å². The van der Waals surface area contributed by atoms with Crippen molar-refractivity contribution in [3.8, 4) is 0 Å². The Bertz CT molecular complexity index is 1180. The maximum Gasteiger partial charge on any atom is 0.534 e. The SMILES string of the molecule is CC(C)NC(=S)N(C(=O)[C@H]1CC[C@H]2[C@@H]3CC=C4C=C(OS(=O)(=O)C(F)(F)F)CC[C@]4(C)[C@H]3CC[C@]12C)C(C)C. The highest BCUT2D eigenvalue weighted by atomic mass is 32.2. The second kappa shape index (κ2) is 10.3. The number of halogens is 3. The Morgan fingerprint density at radius 2 is 1.79 bits per heavy atom. The van der Waals surface area contributed by atoms with Gasteiger partial charge in [0, 0.05) is 24.4 Å². The number of allylic oxidation sites excluding steroid dienone is 4. The lowest BCUT2D eigenvalue weighted by Gasteiger charge is -2.57. The Balaban J connectivity index is 1.57. The van der Waals surface area contributed by atoms with Crippen LogP contribution < -0.4 is 5.32 Å². The highest BCUT2D eigenvalue weighted by Gasteiger charge is 2.60. The van der Waals surface area contributed by atoms with Gasteiger partial charge in [0.15, 0.2) is 5.11 Å². The molecule has 0 saturated heterocycles. The van der Waals surface area contributed by atoms with Crippen molar-refractivity contribution in [2.45, 2.75) is 104 Å². The van der Waals surface area contributed by atoms with Gasteiger partial charge in [0.25, 0.3) is 0 Å². The van der Waals surface area contributed by atoms with Crippen LogP contribution in [0.5, 0.6) is 0 Å². The Morgan fingerprint density at radius 1 is 1.13 bits per heavy atom. The number of nitrogens with one attached hydrogen (secondary N) is 1. The van der Waals surface area contributed by atoms with Gasteiger partial charge in [-0.05, 0) is 119 Å². The molecule has 220 valence electrons. The summed E-state index contributed by atoms with van der Waals surface area (Å²) in [4.78, 5) is 15.7. The fourth-order valence-corrected chi connectivity index (χ4v) is 9.08. The molecule has 1 amide bonds. The van der Waals surface area contributed by atoms with Crippen LogP contribution in [0.3, 0.4) is 0 Å². The van der Waals surface area contributed by atoms with E-state index in [-0.39, 0.29) is 46.9 Å². The highest BCUT2D eigenvalue weighted by molar-refractivity contribution is 7.87. The molecule has 2 fully saturated rings. The first kappa shape index (κ1) is 30.3. The van der Waals surface area contributed by atoms with Crippen LogP contribution in [-0.2, 0) is 19.1 Å². The quantitative estimate of drug-likeness (QED) is 0.226. The van der Waals surface area contributed by atoms with Crippen molar-refractivity contribution in [3.63, 3.8) is 0 Å². The van der Waals surface area contributed by atoms with Gasteiger partial charge >= 0.3 is 15.6 Å². The molecule has 0 aromatic heterocycles. The van der Waals surface area contributed by atoms with Crippen LogP contribution in [0.1, 0.15) is 86.5 Å². The van der Waals surface area contributed by atoms with Crippen molar-refractivity contribution >= 4 is 33.4 Å². The molecular weight excluding hydrogens is 549 g/mol. The number of amides is 1. The third kappa shape index (κ3) is 5.26. The number of thiocarbonyl (C=S) groups is 1. The third-order valence-electron chi connectivity index (χ3n) is 9.92. The molecule has 0 heterocycles. The fraction of sp³-hybridized carbons (Fsp3) is 0.786. The summed E-state index contributed by atoms with van der Waals surface area (Å²) in [6.45, 7) is 12.4. The monoisotopic (exact) mass is 590 g/mol. The highest BCUT2D eigenvalue weighted by Crippen LogP contribution is 2.66. The van der Waals surface area contributed by atoms with Gasteiger partial charge in [-0.3, -0.25) is 9.69 Å². The van der Waals surface area contributed by atoms with Crippen molar-refractivity contribution in [2.24, 2.45) is 34.5 Å². The molecule has 0 unspecified atom stereocenters. The molecule has 0 radical (unpaired) electrons. The molecule has 0 aliphatic heterocycles. The van der Waals surface area contributed by atoms with Crippen molar-refractivity contribution in [1.82, 2.24) is 10.2 Å². The Kier molecular flexibility index (Phi) is 8.04. The first-order valence-corrected chi connectivity index (χ1v) is 15.8. The molecule has 0 spiro atoms. The summed E-state index contributed by atoms with van der Waals surface area (Å²) in [7, 11) is -5.68. The van der Waals surface area contributed by atoms with Gasteiger partial charge in [0.1, 0.15) is 5.76 Å². The van der Waals surface area contributed by atoms with Crippen LogP contribution in [0.25, 0.3) is 0 Å². The molecule has 0 bridgehead atoms. The zero-order chi connectivity index (χ0) is 29.1. The lowest BCUT2D eigenvalue weighted by molar-refractivity contribution is -0.139. The van der Waals surface area contributed by atoms with Crippen molar-refractivity contribution in [1.29, 1.82) is 0 Å². The number of fused-ring (bicyclic) bond motifs is 5. The Hall–Kier alpha value is -1.62. The minimum absolute atomic E-state index is 0.0547. The van der Waals surface area contributed by atoms with E-state index in [1.54, 1.807) is 4.90 Å². The van der Waals surface area contributed by atoms with E-state index in [0.717, 1.165) is 37.7 Å². The first-order valence-electron chi connectivity index (χ1n) is 14.0. The van der Waals surface area contributed by atoms with Crippen LogP contribution in [0.4, 0.5) is 13.2 Å². The first-order chi connectivity index (χ1) is 17.9. The van der Waals surface area contributed by atoms with E-state index in [0.29, 0.717) is 29.3 Å². The summed E-state index contributed by atoms with van der Waals surface area (Å²) in [5, 5.41) is 3.71. The van der Waals surface area contributed by atoms with Crippen LogP contribution in [0.15, 0.2) is 23.5 Å². The summed E-state index contributed by atoms with van der Waals surface area (Å²) >= 11 is 5.63. The molecule has 0 aromatic rings. The number of hydrogen-bond donors (Lipinski definition) is 1. The van der Waals surface area contributed by atoms with Gasteiger partial charge in [-0.25, -0.2) is 0 Å². The molecule has 0 aromatic carbocycles. The summed E-state index contributed by atoms with van der Waals surface area (Å²) in [6.07, 6.45) is 8.58. The fourth-order valence-electron chi connectivity index (χ4n) is 8.03. The van der Waals surface area contributed by atoms with E-state index in [9.17, 15) is 26.4 Å². The summed E-state index contributed by atoms with van der Waals surface area (Å²) in [5.41, 5.74) is -5.01. The van der Waals surface area contributed by atoms with Crippen LogP contribution in [-0.4, -0.2) is 41.9 Å². The molecule has 4 aliphatic carbocycles. The summed E-state index contributed by atoms with van der Waals surface area (Å²) in [5.74, 6) is 0.853. The van der Waals surface area contributed by atoms with Gasteiger partial charge in [-0.15, -0.1) is 0 Å². The number of carbonyl (C=O) groups is 1. The van der Waals surface area contributed by atoms with Crippen LogP contribution >= 0.6 is 12.2 Å². The lowest BCUT2D eigenvalue weighted by atomic mass is 9.48. The lowest BCUT2D eigenvalue weighted by Crippen LogP contribution is -2.55. The molecule has 4 aliphatic rings. The maximum atomic E-state index is 14.0. The Morgan fingerprint density at radius 3 is 2.38 bits per heavy atom. The van der Waals surface area contributed by atoms with Crippen molar-refractivity contribution in [3.05, 3.63) is 23.5 Å². The molecule has 1 N–H and O–H groups in total. The zero-order valence-electron chi connectivity index (χ0n) is 23.6. The number of alkyl halides is 3. The second-order valence-electron chi connectivity index (χ2n) is 12.9. The molecular formula is C28H41F3N2O4S2. The van der Waals surface area contributed by atoms with Gasteiger partial charge in [-0.1, -0.05) is 19.9 Å². The number of rotatable bonds is 5. The number of nitrogens with zero attached hydrogens (tertiary/aromatic N) is 1. The molecule has 6 atom stereocenters. The van der Waals surface area contributed by atoms with Crippen molar-refractivity contribution in [2.75, 3.05) is 0 Å². The van der Waals surface area contributed by atoms with E-state index in [1.807, 2.05) is 27.7 Å². The van der Waals surface area contributed by atoms with E-state index in [2.05, 4.69) is 29.4 Å². The van der Waals surface area contributed by atoms with Crippen LogP contribution in [0, 0.1) is 34.5 Å². The van der Waals surface area contributed by atoms with Crippen LogP contribution in [0.2, 0.25) is 0 Å². The topological polar surface area (TPSA) is 75.7 Å². The summed E-state index contributed by atoms with van der Waals surface area (Å²) in [6, 6.07) is 0.0721. The molecule has 4 rings (SSSR count). The summed E-state index contributed by atoms with van der Waals surface area (Å²) < 4.78 is 66.2. The normalized spacial score (nSPS) is 34.4. The third-order valence-corrected chi connectivity index (χ3v) is 11.2. The molecule has 39 heavy (non-hydrogen) atoms. The van der Waals surface area contributed by atoms with E-state index < -0.39 is 15.6 Å². The van der Waals surface area contributed by atoms with E-state index >= 15 is 0 Å². The average molecular weight is 591 g/mol. The predicted octanol–water partition coefficient (Wildman–Crippen LogP) is 6.45. The standard InChI is InChI=1S/C28H41F3N2O4S2/c1-16(2)32-25(38)33(17(3)4)24(34)23-10-9-21-20-8-7-18-15-19(37-39(35,36)28(29,30)31)11-13-26(18,5)22(20)12-14-27(21,23)6/h7,15-17,20-23H,8-14H2,1-6H3,(H,32,38)/t20-,21-,22-,23+,26-,27-/m0/s1. The smallest absolute Gasteiger partial charge is 0.381 e. The maximum absolute atomic E-state index is 14.0. The number of hydrogen-bond acceptors (Lipinski definition) is 5. The van der Waals surface area contributed by atoms with Gasteiger partial charge in [-0.2, -0.15) is 21.6 Å². The van der Waals surface area contributed by atoms with Gasteiger partial charge < -0.3 is 9.50 Å². The minimum atomic E-state index is -5.68. The second-order valence-corrected chi connectivity index (χ2v) is 14.8. The largest absolute Gasteiger partial charge is 0.534 e. The molecule has 2 saturated carbocycles. The molecule has 11 heteroatoms. The Labute approximate surface area is 235 Å². The number of carbonyl (C=O) groups excluding carboxylic acids is 1. The average Bonchev–Trinajstić information content (AvgIpc) is 3.15. The van der Waals surface area contributed by atoms with Crippen molar-refractivity contribution < 1.29 is 30.6 Å². The van der Waals surface area contributed by atoms with E-state index in [4.69, 9.17) is 12.2 Å². The van der Waals surface area contributed by atoms with Gasteiger partial charge in [0.2, 0.25) is 5.91 Å². The molecule has 6 nitrogen and oxygen atoms in total. The predicted molar refractivity (Wildman–Crippen MR) is 148 cm³/mol. The minimum Gasteiger partial charge on any atom is -0.381 e.